The predicted octanol–water partition coefficient (Wildman–Crippen LogP) is 1.65. The number of carbonyl (C=O) groups is 2. The Labute approximate surface area is 233 Å². The number of rotatable bonds is 10. The number of carboxylic acids is 2. The fraction of sp³-hybridized carbons (Fsp3) is 0.875. The molecule has 6 nitrogen and oxygen atoms in total. The van der Waals surface area contributed by atoms with Gasteiger partial charge < -0.3 is 30.8 Å². The molecule has 0 bridgehead atoms. The molecule has 6 radical (unpaired) electrons. The first-order valence-electron chi connectivity index (χ1n) is 7.86. The third-order valence-corrected chi connectivity index (χ3v) is 3.46. The Balaban J connectivity index is -0.0000000225. The van der Waals surface area contributed by atoms with Crippen LogP contribution in [-0.4, -0.2) is 11.9 Å². The van der Waals surface area contributed by atoms with E-state index in [4.69, 9.17) is 0 Å². The summed E-state index contributed by atoms with van der Waals surface area (Å²) < 4.78 is 0. The van der Waals surface area contributed by atoms with Crippen molar-refractivity contribution in [1.29, 1.82) is 0 Å². The molecule has 0 aliphatic rings. The minimum absolute atomic E-state index is 0. The van der Waals surface area contributed by atoms with E-state index < -0.39 is 11.9 Å². The van der Waals surface area contributed by atoms with Crippen LogP contribution in [0.2, 0.25) is 0 Å². The molecule has 0 saturated carbocycles. The van der Waals surface area contributed by atoms with Gasteiger partial charge in [0.25, 0.3) is 0 Å². The van der Waals surface area contributed by atoms with Gasteiger partial charge in [0.2, 0.25) is 0 Å². The van der Waals surface area contributed by atoms with E-state index in [9.17, 15) is 19.8 Å². The molecule has 0 heterocycles. The van der Waals surface area contributed by atoms with Crippen molar-refractivity contribution in [3.05, 3.63) is 0 Å². The maximum Gasteiger partial charge on any atom is 2.00 e. The quantitative estimate of drug-likeness (QED) is 0.330. The van der Waals surface area contributed by atoms with Crippen LogP contribution in [0.3, 0.4) is 0 Å². The summed E-state index contributed by atoms with van der Waals surface area (Å²) in [5.74, 6) is -2.23. The van der Waals surface area contributed by atoms with E-state index in [0.717, 1.165) is 38.5 Å². The maximum atomic E-state index is 10.3. The Hall–Kier alpha value is 1.94. The second kappa shape index (κ2) is 46.9. The van der Waals surface area contributed by atoms with Gasteiger partial charge >= 0.3 is 50.3 Å². The second-order valence-electron chi connectivity index (χ2n) is 5.13. The average Bonchev–Trinajstić information content (AvgIpc) is 2.40. The summed E-state index contributed by atoms with van der Waals surface area (Å²) in [6.45, 7) is 7.89. The normalized spacial score (nSPS) is 9.29. The molecule has 0 aromatic heterocycles. The topological polar surface area (TPSA) is 137 Å². The smallest absolute Gasteiger partial charge is 2.00 e. The van der Waals surface area contributed by atoms with Gasteiger partial charge in [0, 0.05) is 63.1 Å². The molecule has 2 atom stereocenters. The molecule has 12 heteroatoms. The van der Waals surface area contributed by atoms with Crippen LogP contribution >= 0.6 is 0 Å². The average molecular weight is 660 g/mol. The third-order valence-electron chi connectivity index (χ3n) is 3.46. The summed E-state index contributed by atoms with van der Waals surface area (Å²) >= 11 is 0. The molecule has 0 aromatic rings. The van der Waals surface area contributed by atoms with Crippen molar-refractivity contribution >= 4 is 11.9 Å². The maximum absolute atomic E-state index is 10.3. The Morgan fingerprint density at radius 1 is 0.643 bits per heavy atom. The van der Waals surface area contributed by atoms with Gasteiger partial charge in [0.15, 0.2) is 0 Å². The molecule has 0 amide bonds. The fourth-order valence-electron chi connectivity index (χ4n) is 1.88. The van der Waals surface area contributed by atoms with Gasteiger partial charge in [0.05, 0.1) is 0 Å². The molecule has 0 saturated heterocycles. The molecule has 0 aromatic carbocycles. The van der Waals surface area contributed by atoms with Gasteiger partial charge in [0.1, 0.15) is 0 Å². The number of hydrogen-bond acceptors (Lipinski definition) is 4. The fourth-order valence-corrected chi connectivity index (χ4v) is 1.88. The van der Waals surface area contributed by atoms with Crippen molar-refractivity contribution in [2.45, 2.75) is 79.1 Å². The summed E-state index contributed by atoms with van der Waals surface area (Å²) in [4.78, 5) is 20.7. The molecular formula is C16H30Co3Mn3O6. The van der Waals surface area contributed by atoms with Gasteiger partial charge in [-0.25, -0.2) is 0 Å². The minimum atomic E-state index is -0.893. The summed E-state index contributed by atoms with van der Waals surface area (Å²) in [7, 11) is 0. The Morgan fingerprint density at radius 2 is 0.857 bits per heavy atom. The van der Waals surface area contributed by atoms with Crippen LogP contribution in [0.25, 0.3) is 0 Å². The zero-order valence-corrected chi connectivity index (χ0v) is 23.1. The second-order valence-corrected chi connectivity index (χ2v) is 5.13. The number of unbranched alkanes of at least 4 members (excludes halogenated alkanes) is 2. The molecule has 0 aliphatic carbocycles. The van der Waals surface area contributed by atoms with Crippen LogP contribution in [-0.2, 0) is 122 Å². The van der Waals surface area contributed by atoms with E-state index in [-0.39, 0.29) is 124 Å². The number of aliphatic carboxylic acids is 2. The number of hydrogen-bond donors (Lipinski definition) is 0. The van der Waals surface area contributed by atoms with Gasteiger partial charge in [-0.1, -0.05) is 53.4 Å². The SMILES string of the molecule is CCCCC(CC)C(=O)[O-].CCCCC(CC)C(=O)[O-].[Co+2].[Co+2].[Co+2].[Mn].[Mn].[Mn].[O-2].[O-2]. The molecule has 0 spiro atoms. The molecule has 28 heavy (non-hydrogen) atoms. The Bertz CT molecular complexity index is 256. The molecule has 0 N–H and O–H groups in total. The van der Waals surface area contributed by atoms with Crippen LogP contribution in [0.15, 0.2) is 0 Å². The zero-order chi connectivity index (χ0) is 16.0. The monoisotopic (exact) mass is 660 g/mol. The van der Waals surface area contributed by atoms with Gasteiger partial charge in [-0.05, 0) is 37.5 Å². The number of carboxylic acid groups (broad SMARTS) is 2. The van der Waals surface area contributed by atoms with Crippen molar-refractivity contribution in [2.24, 2.45) is 11.8 Å². The summed E-state index contributed by atoms with van der Waals surface area (Å²) in [5, 5.41) is 20.7. The van der Waals surface area contributed by atoms with E-state index in [2.05, 4.69) is 13.8 Å². The standard InChI is InChI=1S/2C8H16O2.3Co.3Mn.2O/c2*1-3-5-6-7(4-2)8(9)10;;;;;;;;/h2*7H,3-6H2,1-2H3,(H,9,10);;;;;;;;/q;;3*+2;;;;2*-2/p-2. The van der Waals surface area contributed by atoms with E-state index in [0.29, 0.717) is 12.8 Å². The van der Waals surface area contributed by atoms with Crippen LogP contribution in [0.5, 0.6) is 0 Å². The summed E-state index contributed by atoms with van der Waals surface area (Å²) in [6.07, 6.45) is 7.04. The summed E-state index contributed by atoms with van der Waals surface area (Å²) in [5.41, 5.74) is 0. The van der Waals surface area contributed by atoms with Crippen LogP contribution in [0.1, 0.15) is 79.1 Å². The van der Waals surface area contributed by atoms with Crippen molar-refractivity contribution < 1.29 is 132 Å². The molecule has 2 unspecified atom stereocenters. The molecule has 0 rings (SSSR count). The molecule has 178 valence electrons. The minimum Gasteiger partial charge on any atom is -2.00 e. The van der Waals surface area contributed by atoms with Crippen molar-refractivity contribution in [2.75, 3.05) is 0 Å². The van der Waals surface area contributed by atoms with Crippen LogP contribution < -0.4 is 10.2 Å². The largest absolute Gasteiger partial charge is 2.00 e. The molecule has 0 aliphatic heterocycles. The van der Waals surface area contributed by atoms with Gasteiger partial charge in [-0.15, -0.1) is 0 Å². The van der Waals surface area contributed by atoms with Gasteiger partial charge in [-0.3, -0.25) is 0 Å². The van der Waals surface area contributed by atoms with E-state index >= 15 is 0 Å². The van der Waals surface area contributed by atoms with E-state index in [1.165, 1.54) is 0 Å². The summed E-state index contributed by atoms with van der Waals surface area (Å²) in [6, 6.07) is 0. The molecule has 0 fully saturated rings. The first-order valence-corrected chi connectivity index (χ1v) is 7.86. The van der Waals surface area contributed by atoms with Crippen molar-refractivity contribution in [3.8, 4) is 0 Å². The first kappa shape index (κ1) is 63.1. The van der Waals surface area contributed by atoms with E-state index in [1.807, 2.05) is 13.8 Å². The zero-order valence-electron chi connectivity index (χ0n) is 16.4. The predicted molar refractivity (Wildman–Crippen MR) is 78.0 cm³/mol. The molecular weight excluding hydrogens is 630 g/mol. The van der Waals surface area contributed by atoms with Crippen LogP contribution in [0.4, 0.5) is 0 Å². The van der Waals surface area contributed by atoms with Gasteiger partial charge in [-0.2, -0.15) is 0 Å². The Kier molecular flexibility index (Phi) is 106. The van der Waals surface area contributed by atoms with Crippen molar-refractivity contribution in [1.82, 2.24) is 0 Å². The van der Waals surface area contributed by atoms with E-state index in [1.54, 1.807) is 0 Å². The number of carbonyl (C=O) groups excluding carboxylic acids is 2. The Morgan fingerprint density at radius 3 is 0.964 bits per heavy atom. The third kappa shape index (κ3) is 42.1. The van der Waals surface area contributed by atoms with Crippen molar-refractivity contribution in [3.63, 3.8) is 0 Å². The first-order chi connectivity index (χ1) is 9.44. The van der Waals surface area contributed by atoms with Crippen LogP contribution in [0, 0.1) is 11.8 Å².